The van der Waals surface area contributed by atoms with Crippen LogP contribution in [0.15, 0.2) is 48.5 Å². The van der Waals surface area contributed by atoms with Crippen LogP contribution in [0.25, 0.3) is 0 Å². The van der Waals surface area contributed by atoms with E-state index in [1.54, 1.807) is 48.5 Å². The first kappa shape index (κ1) is 13.6. The molecule has 20 heavy (non-hydrogen) atoms. The zero-order valence-electron chi connectivity index (χ0n) is 10.8. The lowest BCUT2D eigenvalue weighted by atomic mass is 10.1. The topological polar surface area (TPSA) is 73.1 Å². The summed E-state index contributed by atoms with van der Waals surface area (Å²) in [5, 5.41) is 20.9. The van der Waals surface area contributed by atoms with Crippen LogP contribution in [0.1, 0.15) is 11.1 Å². The van der Waals surface area contributed by atoms with Crippen molar-refractivity contribution in [3.8, 4) is 11.8 Å². The number of carbonyl (C=O) groups excluding carboxylic acids is 1. The minimum Gasteiger partial charge on any atom is -0.508 e. The van der Waals surface area contributed by atoms with Crippen LogP contribution in [0.3, 0.4) is 0 Å². The second kappa shape index (κ2) is 6.39. The molecule has 2 aromatic rings. The van der Waals surface area contributed by atoms with Crippen LogP contribution in [-0.2, 0) is 17.6 Å². The fourth-order valence-corrected chi connectivity index (χ4v) is 1.84. The van der Waals surface area contributed by atoms with Crippen LogP contribution < -0.4 is 5.32 Å². The maximum atomic E-state index is 11.9. The Morgan fingerprint density at radius 2 is 1.85 bits per heavy atom. The number of carbonyl (C=O) groups is 1. The molecule has 0 heterocycles. The highest BCUT2D eigenvalue weighted by Gasteiger charge is 2.07. The van der Waals surface area contributed by atoms with Gasteiger partial charge in [-0.05, 0) is 23.8 Å². The molecule has 0 spiro atoms. The van der Waals surface area contributed by atoms with E-state index in [0.717, 1.165) is 5.56 Å². The van der Waals surface area contributed by atoms with Gasteiger partial charge in [-0.2, -0.15) is 5.26 Å². The van der Waals surface area contributed by atoms with Gasteiger partial charge in [-0.15, -0.1) is 0 Å². The average Bonchev–Trinajstić information content (AvgIpc) is 2.44. The number of para-hydroxylation sites is 1. The number of nitrogens with one attached hydrogen (secondary N) is 1. The van der Waals surface area contributed by atoms with Crippen molar-refractivity contribution in [2.24, 2.45) is 0 Å². The Kier molecular flexibility index (Phi) is 4.35. The highest BCUT2D eigenvalue weighted by molar-refractivity contribution is 5.92. The molecule has 4 heteroatoms. The molecule has 0 aliphatic rings. The summed E-state index contributed by atoms with van der Waals surface area (Å²) in [6, 6.07) is 16.0. The van der Waals surface area contributed by atoms with Crippen molar-refractivity contribution in [2.75, 3.05) is 5.32 Å². The Bertz CT molecular complexity index is 642. The highest BCUT2D eigenvalue weighted by atomic mass is 16.3. The van der Waals surface area contributed by atoms with Crippen LogP contribution in [0.5, 0.6) is 5.75 Å². The summed E-state index contributed by atoms with van der Waals surface area (Å²) in [6.07, 6.45) is 0.471. The molecule has 4 nitrogen and oxygen atoms in total. The summed E-state index contributed by atoms with van der Waals surface area (Å²) in [7, 11) is 0. The third kappa shape index (κ3) is 3.59. The van der Waals surface area contributed by atoms with E-state index in [0.29, 0.717) is 17.7 Å². The summed E-state index contributed by atoms with van der Waals surface area (Å²) in [6.45, 7) is 0. The van der Waals surface area contributed by atoms with Crippen molar-refractivity contribution in [2.45, 2.75) is 12.8 Å². The van der Waals surface area contributed by atoms with Crippen molar-refractivity contribution in [3.05, 3.63) is 59.7 Å². The molecule has 0 bridgehead atoms. The largest absolute Gasteiger partial charge is 0.508 e. The minimum atomic E-state index is -0.195. The summed E-state index contributed by atoms with van der Waals surface area (Å²) in [5.41, 5.74) is 2.17. The zero-order valence-corrected chi connectivity index (χ0v) is 10.8. The number of phenolic OH excluding ortho intramolecular Hbond substituents is 1. The number of anilines is 1. The molecule has 1 amide bonds. The molecule has 0 atom stereocenters. The molecular weight excluding hydrogens is 252 g/mol. The molecule has 0 saturated carbocycles. The van der Waals surface area contributed by atoms with Crippen molar-refractivity contribution in [1.82, 2.24) is 0 Å². The molecule has 0 fully saturated rings. The van der Waals surface area contributed by atoms with E-state index >= 15 is 0 Å². The lowest BCUT2D eigenvalue weighted by Gasteiger charge is -2.07. The number of phenols is 1. The van der Waals surface area contributed by atoms with E-state index < -0.39 is 0 Å². The van der Waals surface area contributed by atoms with Crippen molar-refractivity contribution in [3.63, 3.8) is 0 Å². The van der Waals surface area contributed by atoms with Gasteiger partial charge in [0.1, 0.15) is 5.75 Å². The van der Waals surface area contributed by atoms with Gasteiger partial charge in [-0.25, -0.2) is 0 Å². The highest BCUT2D eigenvalue weighted by Crippen LogP contribution is 2.17. The van der Waals surface area contributed by atoms with E-state index in [4.69, 9.17) is 5.26 Å². The van der Waals surface area contributed by atoms with Gasteiger partial charge in [0.25, 0.3) is 0 Å². The summed E-state index contributed by atoms with van der Waals surface area (Å²) in [4.78, 5) is 11.9. The lowest BCUT2D eigenvalue weighted by molar-refractivity contribution is -0.115. The van der Waals surface area contributed by atoms with Crippen molar-refractivity contribution in [1.29, 1.82) is 5.26 Å². The lowest BCUT2D eigenvalue weighted by Crippen LogP contribution is -2.14. The second-order valence-corrected chi connectivity index (χ2v) is 4.39. The van der Waals surface area contributed by atoms with Gasteiger partial charge < -0.3 is 10.4 Å². The SMILES string of the molecule is N#CCc1ccc(NC(=O)Cc2ccccc2O)cc1. The van der Waals surface area contributed by atoms with E-state index in [1.807, 2.05) is 0 Å². The van der Waals surface area contributed by atoms with E-state index in [2.05, 4.69) is 11.4 Å². The maximum Gasteiger partial charge on any atom is 0.228 e. The fourth-order valence-electron chi connectivity index (χ4n) is 1.84. The summed E-state index contributed by atoms with van der Waals surface area (Å²) in [5.74, 6) is -0.0773. The first-order chi connectivity index (χ1) is 9.69. The number of aromatic hydroxyl groups is 1. The molecule has 0 saturated heterocycles. The van der Waals surface area contributed by atoms with Gasteiger partial charge in [0.15, 0.2) is 0 Å². The van der Waals surface area contributed by atoms with Crippen LogP contribution in [0, 0.1) is 11.3 Å². The average molecular weight is 266 g/mol. The minimum absolute atomic E-state index is 0.118. The predicted octanol–water partition coefficient (Wildman–Crippen LogP) is 2.64. The first-order valence-corrected chi connectivity index (χ1v) is 6.21. The standard InChI is InChI=1S/C16H14N2O2/c17-10-9-12-5-7-14(8-6-12)18-16(20)11-13-3-1-2-4-15(13)19/h1-8,19H,9,11H2,(H,18,20). The molecule has 2 aromatic carbocycles. The van der Waals surface area contributed by atoms with Gasteiger partial charge in [-0.3, -0.25) is 4.79 Å². The number of nitriles is 1. The monoisotopic (exact) mass is 266 g/mol. The third-order valence-corrected chi connectivity index (χ3v) is 2.86. The van der Waals surface area contributed by atoms with Gasteiger partial charge in [0.05, 0.1) is 18.9 Å². The Morgan fingerprint density at radius 3 is 2.50 bits per heavy atom. The molecular formula is C16H14N2O2. The molecule has 0 radical (unpaired) electrons. The van der Waals surface area contributed by atoms with E-state index in [9.17, 15) is 9.90 Å². The zero-order chi connectivity index (χ0) is 14.4. The van der Waals surface area contributed by atoms with Crippen molar-refractivity contribution < 1.29 is 9.90 Å². The molecule has 0 unspecified atom stereocenters. The summed E-state index contributed by atoms with van der Waals surface area (Å²) >= 11 is 0. The van der Waals surface area contributed by atoms with Crippen LogP contribution in [0.4, 0.5) is 5.69 Å². The molecule has 2 rings (SSSR count). The van der Waals surface area contributed by atoms with E-state index in [-0.39, 0.29) is 18.1 Å². The number of nitrogens with zero attached hydrogens (tertiary/aromatic N) is 1. The van der Waals surface area contributed by atoms with Gasteiger partial charge in [0.2, 0.25) is 5.91 Å². The van der Waals surface area contributed by atoms with Gasteiger partial charge >= 0.3 is 0 Å². The molecule has 2 N–H and O–H groups in total. The second-order valence-electron chi connectivity index (χ2n) is 4.39. The number of benzene rings is 2. The van der Waals surface area contributed by atoms with Gasteiger partial charge in [0, 0.05) is 11.3 Å². The predicted molar refractivity (Wildman–Crippen MR) is 76.2 cm³/mol. The maximum absolute atomic E-state index is 11.9. The number of hydrogen-bond donors (Lipinski definition) is 2. The Hall–Kier alpha value is -2.80. The fraction of sp³-hybridized carbons (Fsp3) is 0.125. The molecule has 0 aliphatic carbocycles. The van der Waals surface area contributed by atoms with Gasteiger partial charge in [-0.1, -0.05) is 30.3 Å². The van der Waals surface area contributed by atoms with Crippen molar-refractivity contribution >= 4 is 11.6 Å². The summed E-state index contributed by atoms with van der Waals surface area (Å²) < 4.78 is 0. The van der Waals surface area contributed by atoms with E-state index in [1.165, 1.54) is 0 Å². The number of amides is 1. The molecule has 100 valence electrons. The smallest absolute Gasteiger partial charge is 0.228 e. The Morgan fingerprint density at radius 1 is 1.15 bits per heavy atom. The van der Waals surface area contributed by atoms with Crippen LogP contribution in [-0.4, -0.2) is 11.0 Å². The Balaban J connectivity index is 1.98. The molecule has 0 aromatic heterocycles. The van der Waals surface area contributed by atoms with Crippen LogP contribution in [0.2, 0.25) is 0 Å². The quantitative estimate of drug-likeness (QED) is 0.893. The number of hydrogen-bond acceptors (Lipinski definition) is 3. The van der Waals surface area contributed by atoms with Crippen LogP contribution >= 0.6 is 0 Å². The molecule has 0 aliphatic heterocycles. The normalized spacial score (nSPS) is 9.75. The third-order valence-electron chi connectivity index (χ3n) is 2.86. The number of rotatable bonds is 4. The Labute approximate surface area is 117 Å². The first-order valence-electron chi connectivity index (χ1n) is 6.21.